The molecule has 3 atom stereocenters. The van der Waals surface area contributed by atoms with Crippen LogP contribution in [0.2, 0.25) is 0 Å². The van der Waals surface area contributed by atoms with Gasteiger partial charge in [-0.15, -0.1) is 0 Å². The molecule has 0 aliphatic carbocycles. The quantitative estimate of drug-likeness (QED) is 0.571. The molecule has 1 aliphatic rings. The van der Waals surface area contributed by atoms with Crippen molar-refractivity contribution in [1.29, 1.82) is 0 Å². The van der Waals surface area contributed by atoms with E-state index in [-0.39, 0.29) is 24.5 Å². The van der Waals surface area contributed by atoms with Gasteiger partial charge < -0.3 is 14.2 Å². The molecule has 1 fully saturated rings. The molecule has 0 amide bonds. The molecule has 0 aromatic rings. The average Bonchev–Trinajstić information content (AvgIpc) is 2.31. The zero-order valence-electron chi connectivity index (χ0n) is 7.28. The molecule has 0 bridgehead atoms. The van der Waals surface area contributed by atoms with Crippen molar-refractivity contribution < 1.29 is 19.0 Å². The van der Waals surface area contributed by atoms with Gasteiger partial charge >= 0.3 is 5.97 Å². The highest BCUT2D eigenvalue weighted by atomic mass is 16.7. The van der Waals surface area contributed by atoms with Crippen LogP contribution in [-0.4, -0.2) is 31.6 Å². The summed E-state index contributed by atoms with van der Waals surface area (Å²) in [5.41, 5.74) is 0. The Bertz CT molecular complexity index is 168. The van der Waals surface area contributed by atoms with E-state index >= 15 is 0 Å². The van der Waals surface area contributed by atoms with Crippen molar-refractivity contribution in [2.75, 3.05) is 7.11 Å². The van der Waals surface area contributed by atoms with E-state index in [1.54, 1.807) is 7.11 Å². The van der Waals surface area contributed by atoms with Gasteiger partial charge in [0, 0.05) is 20.5 Å². The van der Waals surface area contributed by atoms with Crippen molar-refractivity contribution in [3.05, 3.63) is 6.92 Å². The standard InChI is InChI=1S/C8H13O4/c1-5-7(12-6(2)9)4-8(10-3)11-5/h5,7-8H,1,4H2,2-3H3/t5-,7+,8?/m1/s1. The lowest BCUT2D eigenvalue weighted by atomic mass is 10.2. The molecule has 0 aromatic heterocycles. The number of carbonyl (C=O) groups is 1. The number of rotatable bonds is 2. The number of ether oxygens (including phenoxy) is 3. The first kappa shape index (κ1) is 9.48. The number of hydrogen-bond donors (Lipinski definition) is 0. The molecule has 1 radical (unpaired) electrons. The number of carbonyl (C=O) groups excluding carboxylic acids is 1. The van der Waals surface area contributed by atoms with E-state index in [1.807, 2.05) is 0 Å². The molecule has 1 unspecified atom stereocenters. The SMILES string of the molecule is [CH2][C@H]1OC(OC)C[C@@H]1OC(C)=O. The van der Waals surface area contributed by atoms with Gasteiger partial charge in [-0.25, -0.2) is 0 Å². The van der Waals surface area contributed by atoms with Gasteiger partial charge in [0.25, 0.3) is 0 Å². The van der Waals surface area contributed by atoms with Gasteiger partial charge in [-0.1, -0.05) is 0 Å². The summed E-state index contributed by atoms with van der Waals surface area (Å²) in [6, 6.07) is 0. The maximum atomic E-state index is 10.6. The fraction of sp³-hybridized carbons (Fsp3) is 0.750. The maximum absolute atomic E-state index is 10.6. The van der Waals surface area contributed by atoms with Crippen molar-refractivity contribution in [2.45, 2.75) is 31.8 Å². The minimum atomic E-state index is -0.321. The van der Waals surface area contributed by atoms with Gasteiger partial charge in [-0.2, -0.15) is 0 Å². The molecule has 1 rings (SSSR count). The number of esters is 1. The van der Waals surface area contributed by atoms with Gasteiger partial charge in [0.1, 0.15) is 6.10 Å². The third kappa shape index (κ3) is 2.19. The van der Waals surface area contributed by atoms with Crippen LogP contribution < -0.4 is 0 Å². The van der Waals surface area contributed by atoms with E-state index in [9.17, 15) is 4.79 Å². The molecule has 0 spiro atoms. The van der Waals surface area contributed by atoms with Gasteiger partial charge in [0.2, 0.25) is 0 Å². The third-order valence-electron chi connectivity index (χ3n) is 1.75. The predicted molar refractivity (Wildman–Crippen MR) is 41.2 cm³/mol. The summed E-state index contributed by atoms with van der Waals surface area (Å²) in [6.45, 7) is 5.06. The minimum absolute atomic E-state index is 0.271. The molecule has 4 nitrogen and oxygen atoms in total. The second-order valence-electron chi connectivity index (χ2n) is 2.72. The van der Waals surface area contributed by atoms with Crippen LogP contribution in [0.5, 0.6) is 0 Å². The van der Waals surface area contributed by atoms with E-state index in [2.05, 4.69) is 6.92 Å². The highest BCUT2D eigenvalue weighted by Crippen LogP contribution is 2.22. The lowest BCUT2D eigenvalue weighted by molar-refractivity contribution is -0.148. The summed E-state index contributed by atoms with van der Waals surface area (Å²) < 4.78 is 15.1. The van der Waals surface area contributed by atoms with Crippen LogP contribution in [0.25, 0.3) is 0 Å². The second kappa shape index (κ2) is 3.87. The highest BCUT2D eigenvalue weighted by Gasteiger charge is 2.34. The Morgan fingerprint density at radius 1 is 1.67 bits per heavy atom. The summed E-state index contributed by atoms with van der Waals surface area (Å²) in [5.74, 6) is -0.311. The molecule has 0 N–H and O–H groups in total. The minimum Gasteiger partial charge on any atom is -0.460 e. The molecule has 0 saturated carbocycles. The molecule has 1 heterocycles. The Balaban J connectivity index is 2.40. The van der Waals surface area contributed by atoms with E-state index < -0.39 is 0 Å². The van der Waals surface area contributed by atoms with E-state index in [1.165, 1.54) is 6.92 Å². The summed E-state index contributed by atoms with van der Waals surface area (Å²) in [5, 5.41) is 0. The lowest BCUT2D eigenvalue weighted by Crippen LogP contribution is -2.23. The number of hydrogen-bond acceptors (Lipinski definition) is 4. The Kier molecular flexibility index (Phi) is 3.05. The normalized spacial score (nSPS) is 35.1. The van der Waals surface area contributed by atoms with E-state index in [0.29, 0.717) is 6.42 Å². The molecular formula is C8H13O4. The Morgan fingerprint density at radius 2 is 2.33 bits per heavy atom. The third-order valence-corrected chi connectivity index (χ3v) is 1.75. The molecule has 1 aliphatic heterocycles. The Hall–Kier alpha value is -0.610. The summed E-state index contributed by atoms with van der Waals surface area (Å²) in [4.78, 5) is 10.6. The van der Waals surface area contributed by atoms with E-state index in [0.717, 1.165) is 0 Å². The Morgan fingerprint density at radius 3 is 2.75 bits per heavy atom. The van der Waals surface area contributed by atoms with E-state index in [4.69, 9.17) is 14.2 Å². The van der Waals surface area contributed by atoms with Crippen molar-refractivity contribution in [3.8, 4) is 0 Å². The zero-order valence-corrected chi connectivity index (χ0v) is 7.28. The van der Waals surface area contributed by atoms with Crippen molar-refractivity contribution in [1.82, 2.24) is 0 Å². The van der Waals surface area contributed by atoms with Gasteiger partial charge in [-0.05, 0) is 6.92 Å². The smallest absolute Gasteiger partial charge is 0.302 e. The zero-order chi connectivity index (χ0) is 9.14. The van der Waals surface area contributed by atoms with Crippen molar-refractivity contribution >= 4 is 5.97 Å². The first-order chi connectivity index (χ1) is 5.63. The summed E-state index contributed by atoms with van der Waals surface area (Å²) >= 11 is 0. The first-order valence-electron chi connectivity index (χ1n) is 3.82. The van der Waals surface area contributed by atoms with Gasteiger partial charge in [-0.3, -0.25) is 4.79 Å². The highest BCUT2D eigenvalue weighted by molar-refractivity contribution is 5.66. The van der Waals surface area contributed by atoms with Crippen LogP contribution in [0.1, 0.15) is 13.3 Å². The predicted octanol–water partition coefficient (Wildman–Crippen LogP) is 0.514. The maximum Gasteiger partial charge on any atom is 0.302 e. The lowest BCUT2D eigenvalue weighted by Gasteiger charge is -2.12. The van der Waals surface area contributed by atoms with Gasteiger partial charge in [0.15, 0.2) is 6.29 Å². The fourth-order valence-corrected chi connectivity index (χ4v) is 1.17. The summed E-state index contributed by atoms with van der Waals surface area (Å²) in [6.07, 6.45) is -0.326. The Labute approximate surface area is 71.8 Å². The second-order valence-corrected chi connectivity index (χ2v) is 2.72. The fourth-order valence-electron chi connectivity index (χ4n) is 1.17. The molecule has 4 heteroatoms. The van der Waals surface area contributed by atoms with Crippen LogP contribution in [-0.2, 0) is 19.0 Å². The van der Waals surface area contributed by atoms with Crippen LogP contribution in [0, 0.1) is 6.92 Å². The molecular weight excluding hydrogens is 160 g/mol. The van der Waals surface area contributed by atoms with Crippen LogP contribution in [0.3, 0.4) is 0 Å². The first-order valence-corrected chi connectivity index (χ1v) is 3.82. The topological polar surface area (TPSA) is 44.8 Å². The van der Waals surface area contributed by atoms with Gasteiger partial charge in [0.05, 0.1) is 6.10 Å². The monoisotopic (exact) mass is 173 g/mol. The van der Waals surface area contributed by atoms with Crippen LogP contribution >= 0.6 is 0 Å². The van der Waals surface area contributed by atoms with Crippen molar-refractivity contribution in [3.63, 3.8) is 0 Å². The molecule has 0 aromatic carbocycles. The average molecular weight is 173 g/mol. The number of methoxy groups -OCH3 is 1. The molecule has 69 valence electrons. The largest absolute Gasteiger partial charge is 0.460 e. The molecule has 12 heavy (non-hydrogen) atoms. The molecule has 1 saturated heterocycles. The van der Waals surface area contributed by atoms with Crippen LogP contribution in [0.4, 0.5) is 0 Å². The van der Waals surface area contributed by atoms with Crippen molar-refractivity contribution in [2.24, 2.45) is 0 Å². The van der Waals surface area contributed by atoms with Crippen LogP contribution in [0.15, 0.2) is 0 Å². The summed E-state index contributed by atoms with van der Waals surface area (Å²) in [7, 11) is 1.55.